The third-order valence-electron chi connectivity index (χ3n) is 3.77. The van der Waals surface area contributed by atoms with Crippen LogP contribution in [0.3, 0.4) is 0 Å². The molecule has 0 radical (unpaired) electrons. The van der Waals surface area contributed by atoms with Gasteiger partial charge in [0.15, 0.2) is 11.0 Å². The zero-order chi connectivity index (χ0) is 16.4. The van der Waals surface area contributed by atoms with Crippen molar-refractivity contribution in [2.24, 2.45) is 5.73 Å². The Morgan fingerprint density at radius 2 is 2.30 bits per heavy atom. The van der Waals surface area contributed by atoms with Gasteiger partial charge < -0.3 is 16.0 Å². The fraction of sp³-hybridized carbons (Fsp3) is 0.467. The van der Waals surface area contributed by atoms with E-state index >= 15 is 0 Å². The third kappa shape index (κ3) is 3.48. The maximum atomic E-state index is 12.0. The largest absolute Gasteiger partial charge is 0.331 e. The molecule has 1 fully saturated rings. The SMILES string of the molecule is Cc1cc(Nc2ncc(C)s2)nc(C2CCCN2C(=O)CN)n1. The smallest absolute Gasteiger partial charge is 0.236 e. The fourth-order valence-corrected chi connectivity index (χ4v) is 3.45. The van der Waals surface area contributed by atoms with Crippen molar-refractivity contribution in [2.75, 3.05) is 18.4 Å². The number of hydrogen-bond acceptors (Lipinski definition) is 7. The number of hydrogen-bond donors (Lipinski definition) is 2. The van der Waals surface area contributed by atoms with Gasteiger partial charge in [0.1, 0.15) is 5.82 Å². The molecular weight excluding hydrogens is 312 g/mol. The molecule has 1 saturated heterocycles. The number of nitrogens with one attached hydrogen (secondary N) is 1. The van der Waals surface area contributed by atoms with Gasteiger partial charge >= 0.3 is 0 Å². The van der Waals surface area contributed by atoms with Gasteiger partial charge in [-0.25, -0.2) is 15.0 Å². The molecule has 1 aliphatic heterocycles. The van der Waals surface area contributed by atoms with Crippen molar-refractivity contribution in [1.82, 2.24) is 19.9 Å². The molecule has 1 unspecified atom stereocenters. The summed E-state index contributed by atoms with van der Waals surface area (Å²) in [5, 5.41) is 4.01. The minimum atomic E-state index is -0.0930. The summed E-state index contributed by atoms with van der Waals surface area (Å²) >= 11 is 1.57. The molecule has 3 rings (SSSR count). The molecular formula is C15H20N6OS. The summed E-state index contributed by atoms with van der Waals surface area (Å²) in [6, 6.07) is 1.79. The maximum absolute atomic E-state index is 12.0. The van der Waals surface area contributed by atoms with Crippen LogP contribution in [0.15, 0.2) is 12.3 Å². The van der Waals surface area contributed by atoms with Gasteiger partial charge in [0.05, 0.1) is 12.6 Å². The minimum absolute atomic E-state index is 0.0197. The molecule has 0 aromatic carbocycles. The van der Waals surface area contributed by atoms with Crippen LogP contribution >= 0.6 is 11.3 Å². The predicted octanol–water partition coefficient (Wildman–Crippen LogP) is 1.92. The third-order valence-corrected chi connectivity index (χ3v) is 4.60. The van der Waals surface area contributed by atoms with Crippen LogP contribution in [0.25, 0.3) is 0 Å². The minimum Gasteiger partial charge on any atom is -0.331 e. The van der Waals surface area contributed by atoms with E-state index < -0.39 is 0 Å². The Morgan fingerprint density at radius 3 is 3.00 bits per heavy atom. The summed E-state index contributed by atoms with van der Waals surface area (Å²) in [7, 11) is 0. The zero-order valence-electron chi connectivity index (χ0n) is 13.2. The molecule has 2 aromatic rings. The highest BCUT2D eigenvalue weighted by Crippen LogP contribution is 2.31. The maximum Gasteiger partial charge on any atom is 0.236 e. The van der Waals surface area contributed by atoms with E-state index in [0.717, 1.165) is 28.5 Å². The average molecular weight is 332 g/mol. The van der Waals surface area contributed by atoms with Crippen molar-refractivity contribution in [1.29, 1.82) is 0 Å². The summed E-state index contributed by atoms with van der Waals surface area (Å²) in [6.07, 6.45) is 3.63. The lowest BCUT2D eigenvalue weighted by Gasteiger charge is -2.23. The molecule has 8 heteroatoms. The second-order valence-corrected chi connectivity index (χ2v) is 6.84. The monoisotopic (exact) mass is 332 g/mol. The first kappa shape index (κ1) is 15.8. The van der Waals surface area contributed by atoms with E-state index in [1.165, 1.54) is 0 Å². The summed E-state index contributed by atoms with van der Waals surface area (Å²) < 4.78 is 0. The number of likely N-dealkylation sites (tertiary alicyclic amines) is 1. The van der Waals surface area contributed by atoms with E-state index in [-0.39, 0.29) is 18.5 Å². The molecule has 122 valence electrons. The van der Waals surface area contributed by atoms with Gasteiger partial charge in [-0.3, -0.25) is 4.79 Å². The lowest BCUT2D eigenvalue weighted by molar-refractivity contribution is -0.130. The molecule has 1 atom stereocenters. The van der Waals surface area contributed by atoms with E-state index in [1.54, 1.807) is 16.2 Å². The van der Waals surface area contributed by atoms with Gasteiger partial charge in [0, 0.05) is 29.4 Å². The summed E-state index contributed by atoms with van der Waals surface area (Å²) in [5.41, 5.74) is 6.36. The fourth-order valence-electron chi connectivity index (χ4n) is 2.78. The predicted molar refractivity (Wildman–Crippen MR) is 89.6 cm³/mol. The number of aromatic nitrogens is 3. The Hall–Kier alpha value is -2.06. The number of rotatable bonds is 4. The highest BCUT2D eigenvalue weighted by Gasteiger charge is 2.31. The second kappa shape index (κ2) is 6.59. The number of carbonyl (C=O) groups is 1. The molecule has 0 spiro atoms. The van der Waals surface area contributed by atoms with Crippen molar-refractivity contribution in [3.8, 4) is 0 Å². The van der Waals surface area contributed by atoms with E-state index in [0.29, 0.717) is 18.2 Å². The Labute approximate surface area is 139 Å². The molecule has 0 bridgehead atoms. The summed E-state index contributed by atoms with van der Waals surface area (Å²) in [6.45, 7) is 4.67. The van der Waals surface area contributed by atoms with Crippen molar-refractivity contribution in [2.45, 2.75) is 32.7 Å². The molecule has 3 N–H and O–H groups in total. The normalized spacial score (nSPS) is 17.5. The van der Waals surface area contributed by atoms with Crippen LogP contribution in [0.2, 0.25) is 0 Å². The van der Waals surface area contributed by atoms with Gasteiger partial charge in [-0.2, -0.15) is 0 Å². The number of nitrogens with two attached hydrogens (primary N) is 1. The van der Waals surface area contributed by atoms with Gasteiger partial charge in [-0.1, -0.05) is 0 Å². The molecule has 7 nitrogen and oxygen atoms in total. The van der Waals surface area contributed by atoms with Crippen LogP contribution in [0, 0.1) is 13.8 Å². The highest BCUT2D eigenvalue weighted by molar-refractivity contribution is 7.15. The molecule has 1 aliphatic rings. The van der Waals surface area contributed by atoms with Crippen LogP contribution in [0.1, 0.15) is 35.3 Å². The lowest BCUT2D eigenvalue weighted by Crippen LogP contribution is -2.36. The quantitative estimate of drug-likeness (QED) is 0.888. The van der Waals surface area contributed by atoms with Gasteiger partial charge in [-0.15, -0.1) is 11.3 Å². The Bertz CT molecular complexity index is 716. The number of carbonyl (C=O) groups excluding carboxylic acids is 1. The van der Waals surface area contributed by atoms with Crippen molar-refractivity contribution in [3.05, 3.63) is 28.7 Å². The first-order valence-corrected chi connectivity index (χ1v) is 8.43. The number of nitrogens with zero attached hydrogens (tertiary/aromatic N) is 4. The topological polar surface area (TPSA) is 97.0 Å². The highest BCUT2D eigenvalue weighted by atomic mass is 32.1. The Kier molecular flexibility index (Phi) is 4.53. The van der Waals surface area contributed by atoms with Crippen molar-refractivity contribution in [3.63, 3.8) is 0 Å². The van der Waals surface area contributed by atoms with Crippen LogP contribution in [-0.2, 0) is 4.79 Å². The van der Waals surface area contributed by atoms with Crippen molar-refractivity contribution < 1.29 is 4.79 Å². The zero-order valence-corrected chi connectivity index (χ0v) is 14.1. The van der Waals surface area contributed by atoms with Crippen LogP contribution in [-0.4, -0.2) is 38.8 Å². The van der Waals surface area contributed by atoms with Gasteiger partial charge in [-0.05, 0) is 26.7 Å². The molecule has 2 aromatic heterocycles. The number of thiazole rings is 1. The first-order chi connectivity index (χ1) is 11.1. The van der Waals surface area contributed by atoms with E-state index in [9.17, 15) is 4.79 Å². The molecule has 1 amide bonds. The first-order valence-electron chi connectivity index (χ1n) is 7.61. The summed E-state index contributed by atoms with van der Waals surface area (Å²) in [5.74, 6) is 1.32. The number of aryl methyl sites for hydroxylation is 2. The summed E-state index contributed by atoms with van der Waals surface area (Å²) in [4.78, 5) is 28.3. The Balaban J connectivity index is 1.86. The van der Waals surface area contributed by atoms with Crippen LogP contribution in [0.4, 0.5) is 10.9 Å². The van der Waals surface area contributed by atoms with Crippen LogP contribution < -0.4 is 11.1 Å². The average Bonchev–Trinajstić information content (AvgIpc) is 3.15. The molecule has 23 heavy (non-hydrogen) atoms. The van der Waals surface area contributed by atoms with Crippen molar-refractivity contribution >= 4 is 28.2 Å². The molecule has 3 heterocycles. The number of anilines is 2. The molecule has 0 aliphatic carbocycles. The second-order valence-electron chi connectivity index (χ2n) is 5.60. The van der Waals surface area contributed by atoms with E-state index in [1.807, 2.05) is 26.1 Å². The number of amides is 1. The van der Waals surface area contributed by atoms with E-state index in [2.05, 4.69) is 20.3 Å². The van der Waals surface area contributed by atoms with E-state index in [4.69, 9.17) is 5.73 Å². The van der Waals surface area contributed by atoms with Crippen LogP contribution in [0.5, 0.6) is 0 Å². The standard InChI is InChI=1S/C15H20N6OS/c1-9-6-12(20-15-17-8-10(2)23-15)19-14(18-9)11-4-3-5-21(11)13(22)7-16/h6,8,11H,3-5,7,16H2,1-2H3,(H,17,18,19,20). The Morgan fingerprint density at radius 1 is 1.48 bits per heavy atom. The van der Waals surface area contributed by atoms with Gasteiger partial charge in [0.25, 0.3) is 0 Å². The molecule has 0 saturated carbocycles. The lowest BCUT2D eigenvalue weighted by atomic mass is 10.2. The van der Waals surface area contributed by atoms with Gasteiger partial charge in [0.2, 0.25) is 5.91 Å².